The minimum Gasteiger partial charge on any atom is -0.481 e. The number of benzene rings is 3. The molecule has 1 atom stereocenters. The van der Waals surface area contributed by atoms with Gasteiger partial charge in [0.1, 0.15) is 12.4 Å². The number of nitro benzene ring substituents is 1. The molecule has 11 heteroatoms. The van der Waals surface area contributed by atoms with Gasteiger partial charge in [0.05, 0.1) is 38.1 Å². The molecule has 0 N–H and O–H groups in total. The molecule has 0 saturated carbocycles. The average molecular weight is 639 g/mol. The van der Waals surface area contributed by atoms with E-state index in [1.807, 2.05) is 19.9 Å². The lowest BCUT2D eigenvalue weighted by atomic mass is 10.1. The first-order valence-corrected chi connectivity index (χ1v) is 13.2. The van der Waals surface area contributed by atoms with Crippen LogP contribution in [0.3, 0.4) is 0 Å². The van der Waals surface area contributed by atoms with E-state index in [0.717, 1.165) is 10.9 Å². The van der Waals surface area contributed by atoms with E-state index in [0.29, 0.717) is 37.9 Å². The molecular formula is C27H21Br2N5O4. The second-order valence-electron chi connectivity index (χ2n) is 8.47. The van der Waals surface area contributed by atoms with Crippen LogP contribution < -0.4 is 10.3 Å². The molecule has 192 valence electrons. The fraction of sp³-hybridized carbons (Fsp3) is 0.185. The van der Waals surface area contributed by atoms with Crippen LogP contribution in [0.5, 0.6) is 5.75 Å². The number of nitriles is 1. The third kappa shape index (κ3) is 5.66. The predicted molar refractivity (Wildman–Crippen MR) is 152 cm³/mol. The van der Waals surface area contributed by atoms with E-state index in [1.165, 1.54) is 17.0 Å². The summed E-state index contributed by atoms with van der Waals surface area (Å²) in [5, 5.41) is 26.0. The minimum absolute atomic E-state index is 0.0228. The van der Waals surface area contributed by atoms with Crippen molar-refractivity contribution in [3.8, 4) is 11.8 Å². The molecule has 0 bridgehead atoms. The van der Waals surface area contributed by atoms with E-state index in [-0.39, 0.29) is 29.5 Å². The Hall–Kier alpha value is -3.88. The second kappa shape index (κ2) is 11.7. The number of nitro groups is 1. The lowest BCUT2D eigenvalue weighted by Crippen LogP contribution is -2.23. The third-order valence-electron chi connectivity index (χ3n) is 5.96. The van der Waals surface area contributed by atoms with Gasteiger partial charge in [-0.2, -0.15) is 15.0 Å². The molecule has 0 unspecified atom stereocenters. The summed E-state index contributed by atoms with van der Waals surface area (Å²) in [6.07, 6.45) is 2.12. The number of hydrogen-bond acceptors (Lipinski definition) is 7. The number of aromatic nitrogens is 2. The van der Waals surface area contributed by atoms with E-state index in [2.05, 4.69) is 48.0 Å². The number of fused-ring (bicyclic) bond motifs is 1. The first-order valence-electron chi connectivity index (χ1n) is 11.6. The molecule has 3 aromatic carbocycles. The van der Waals surface area contributed by atoms with Crippen LogP contribution >= 0.6 is 31.9 Å². The first kappa shape index (κ1) is 27.2. The summed E-state index contributed by atoms with van der Waals surface area (Å²) in [6, 6.07) is 17.2. The van der Waals surface area contributed by atoms with Crippen molar-refractivity contribution in [2.45, 2.75) is 32.8 Å². The molecule has 0 aliphatic carbocycles. The molecule has 0 aliphatic heterocycles. The van der Waals surface area contributed by atoms with Crippen LogP contribution in [0.1, 0.15) is 48.7 Å². The van der Waals surface area contributed by atoms with Crippen LogP contribution in [0.4, 0.5) is 5.69 Å². The highest BCUT2D eigenvalue weighted by atomic mass is 79.9. The Kier molecular flexibility index (Phi) is 8.34. The van der Waals surface area contributed by atoms with Gasteiger partial charge in [-0.15, -0.1) is 0 Å². The Labute approximate surface area is 234 Å². The monoisotopic (exact) mass is 637 g/mol. The number of ether oxygens (including phenoxy) is 1. The molecule has 0 saturated heterocycles. The van der Waals surface area contributed by atoms with Gasteiger partial charge in [-0.05, 0) is 52.7 Å². The van der Waals surface area contributed by atoms with Gasteiger partial charge in [0, 0.05) is 27.6 Å². The van der Waals surface area contributed by atoms with Crippen molar-refractivity contribution in [1.82, 2.24) is 9.66 Å². The molecule has 0 amide bonds. The van der Waals surface area contributed by atoms with Crippen molar-refractivity contribution < 1.29 is 9.66 Å². The Bertz CT molecular complexity index is 1680. The van der Waals surface area contributed by atoms with E-state index in [4.69, 9.17) is 4.74 Å². The summed E-state index contributed by atoms with van der Waals surface area (Å²) < 4.78 is 8.08. The zero-order chi connectivity index (χ0) is 27.4. The molecule has 1 aromatic heterocycles. The van der Waals surface area contributed by atoms with Crippen LogP contribution in [0.2, 0.25) is 0 Å². The van der Waals surface area contributed by atoms with Crippen molar-refractivity contribution in [1.29, 1.82) is 5.26 Å². The molecule has 0 fully saturated rings. The maximum Gasteiger partial charge on any atom is 0.312 e. The molecule has 9 nitrogen and oxygen atoms in total. The van der Waals surface area contributed by atoms with Gasteiger partial charge in [-0.25, -0.2) is 4.98 Å². The summed E-state index contributed by atoms with van der Waals surface area (Å²) in [5.74, 6) is 0.462. The second-order valence-corrected chi connectivity index (χ2v) is 10.2. The quantitative estimate of drug-likeness (QED) is 0.121. The van der Waals surface area contributed by atoms with Gasteiger partial charge in [-0.1, -0.05) is 48.0 Å². The van der Waals surface area contributed by atoms with E-state index in [1.54, 1.807) is 42.5 Å². The van der Waals surface area contributed by atoms with E-state index in [9.17, 15) is 20.2 Å². The zero-order valence-electron chi connectivity index (χ0n) is 20.4. The summed E-state index contributed by atoms with van der Waals surface area (Å²) in [4.78, 5) is 29.3. The molecule has 4 rings (SSSR count). The van der Waals surface area contributed by atoms with Crippen LogP contribution in [0.15, 0.2) is 73.4 Å². The molecule has 4 aromatic rings. The van der Waals surface area contributed by atoms with Crippen molar-refractivity contribution in [3.05, 3.63) is 107 Å². The third-order valence-corrected chi connectivity index (χ3v) is 7.04. The number of hydrogen-bond donors (Lipinski definition) is 0. The van der Waals surface area contributed by atoms with E-state index >= 15 is 0 Å². The fourth-order valence-corrected chi connectivity index (χ4v) is 4.70. The molecular weight excluding hydrogens is 618 g/mol. The Balaban J connectivity index is 1.74. The highest BCUT2D eigenvalue weighted by Crippen LogP contribution is 2.37. The predicted octanol–water partition coefficient (Wildman–Crippen LogP) is 6.68. The largest absolute Gasteiger partial charge is 0.481 e. The SMILES string of the molecule is CC[C@H](C)c1nc2ccc(Br)cc2c(=O)n1N=Cc1cc(Br)c(OCc2ccccc2C#N)c([N+](=O)[O-])c1. The van der Waals surface area contributed by atoms with Crippen LogP contribution in [-0.2, 0) is 6.61 Å². The van der Waals surface area contributed by atoms with Gasteiger partial charge in [-0.3, -0.25) is 14.9 Å². The van der Waals surface area contributed by atoms with E-state index < -0.39 is 4.92 Å². The summed E-state index contributed by atoms with van der Waals surface area (Å²) in [5.41, 5.74) is 1.35. The van der Waals surface area contributed by atoms with Gasteiger partial charge < -0.3 is 4.74 Å². The standard InChI is InChI=1S/C27H21Br2N5O4/c1-3-16(2)26-32-23-9-8-20(28)12-21(23)27(35)33(26)31-14-17-10-22(29)25(24(11-17)34(36)37)38-15-19-7-5-4-6-18(19)13-30/h4-12,14,16H,3,15H2,1-2H3/t16-/m0/s1. The highest BCUT2D eigenvalue weighted by Gasteiger charge is 2.21. The highest BCUT2D eigenvalue weighted by molar-refractivity contribution is 9.10. The maximum atomic E-state index is 13.3. The molecule has 0 radical (unpaired) electrons. The van der Waals surface area contributed by atoms with Crippen LogP contribution in [0.25, 0.3) is 10.9 Å². The lowest BCUT2D eigenvalue weighted by Gasteiger charge is -2.14. The van der Waals surface area contributed by atoms with Crippen molar-refractivity contribution in [2.75, 3.05) is 0 Å². The smallest absolute Gasteiger partial charge is 0.312 e. The Morgan fingerprint density at radius 1 is 1.24 bits per heavy atom. The summed E-state index contributed by atoms with van der Waals surface area (Å²) in [7, 11) is 0. The Morgan fingerprint density at radius 2 is 2.00 bits per heavy atom. The topological polar surface area (TPSA) is 123 Å². The molecule has 1 heterocycles. The normalized spacial score (nSPS) is 12.0. The van der Waals surface area contributed by atoms with Crippen molar-refractivity contribution in [2.24, 2.45) is 5.10 Å². The Morgan fingerprint density at radius 3 is 2.71 bits per heavy atom. The molecule has 0 spiro atoms. The molecule has 38 heavy (non-hydrogen) atoms. The first-order chi connectivity index (χ1) is 18.2. The van der Waals surface area contributed by atoms with Gasteiger partial charge in [0.15, 0.2) is 0 Å². The van der Waals surface area contributed by atoms with Crippen LogP contribution in [-0.4, -0.2) is 20.8 Å². The summed E-state index contributed by atoms with van der Waals surface area (Å²) >= 11 is 6.75. The van der Waals surface area contributed by atoms with Crippen molar-refractivity contribution in [3.63, 3.8) is 0 Å². The number of rotatable bonds is 8. The average Bonchev–Trinajstić information content (AvgIpc) is 2.91. The number of halogens is 2. The maximum absolute atomic E-state index is 13.3. The van der Waals surface area contributed by atoms with Gasteiger partial charge in [0.25, 0.3) is 5.56 Å². The minimum atomic E-state index is -0.556. The zero-order valence-corrected chi connectivity index (χ0v) is 23.6. The molecule has 0 aliphatic rings. The fourth-order valence-electron chi connectivity index (χ4n) is 3.76. The van der Waals surface area contributed by atoms with Crippen LogP contribution in [0, 0.1) is 21.4 Å². The van der Waals surface area contributed by atoms with Crippen molar-refractivity contribution >= 4 is 54.7 Å². The number of nitrogens with zero attached hydrogens (tertiary/aromatic N) is 5. The lowest BCUT2D eigenvalue weighted by molar-refractivity contribution is -0.386. The van der Waals surface area contributed by atoms with Gasteiger partial charge >= 0.3 is 5.69 Å². The summed E-state index contributed by atoms with van der Waals surface area (Å²) in [6.45, 7) is 3.92. The van der Waals surface area contributed by atoms with Gasteiger partial charge in [0.2, 0.25) is 5.75 Å².